The predicted molar refractivity (Wildman–Crippen MR) is 182 cm³/mol. The first kappa shape index (κ1) is 38.9. The maximum atomic E-state index is 12.2. The van der Waals surface area contributed by atoms with Crippen LogP contribution in [-0.2, 0) is 25.6 Å². The number of methoxy groups -OCH3 is 3. The molecule has 0 fully saturated rings. The molecule has 1 rings (SSSR count). The fourth-order valence-corrected chi connectivity index (χ4v) is 4.39. The third-order valence-corrected chi connectivity index (χ3v) is 7.41. The van der Waals surface area contributed by atoms with Gasteiger partial charge in [-0.1, -0.05) is 79.2 Å². The molecule has 0 radical (unpaired) electrons. The molecule has 6 nitrogen and oxygen atoms in total. The smallest absolute Gasteiger partial charge is 0.337 e. The van der Waals surface area contributed by atoms with Gasteiger partial charge in [0.25, 0.3) is 0 Å². The lowest BCUT2D eigenvalue weighted by atomic mass is 9.85. The van der Waals surface area contributed by atoms with Gasteiger partial charge in [-0.25, -0.2) is 4.79 Å². The quantitative estimate of drug-likeness (QED) is 0.0962. The molecule has 1 aromatic rings. The van der Waals surface area contributed by atoms with E-state index in [1.165, 1.54) is 29.4 Å². The van der Waals surface area contributed by atoms with Crippen molar-refractivity contribution in [1.29, 1.82) is 0 Å². The summed E-state index contributed by atoms with van der Waals surface area (Å²) in [4.78, 5) is 12.2. The third-order valence-electron chi connectivity index (χ3n) is 7.41. The summed E-state index contributed by atoms with van der Waals surface area (Å²) in [6, 6.07) is 5.56. The van der Waals surface area contributed by atoms with Crippen molar-refractivity contribution in [3.05, 3.63) is 83.0 Å². The van der Waals surface area contributed by atoms with Crippen molar-refractivity contribution in [3.63, 3.8) is 0 Å². The molecule has 0 N–H and O–H groups in total. The Morgan fingerprint density at radius 1 is 0.909 bits per heavy atom. The summed E-state index contributed by atoms with van der Waals surface area (Å²) in [5.74, 6) is 0.816. The summed E-state index contributed by atoms with van der Waals surface area (Å²) in [7, 11) is 4.53. The molecule has 0 aromatic heterocycles. The van der Waals surface area contributed by atoms with E-state index in [0.29, 0.717) is 24.7 Å². The number of allylic oxidation sites excluding steroid dienone is 8. The van der Waals surface area contributed by atoms with Gasteiger partial charge in [-0.2, -0.15) is 0 Å². The van der Waals surface area contributed by atoms with Crippen molar-refractivity contribution >= 4 is 5.97 Å². The lowest BCUT2D eigenvalue weighted by Gasteiger charge is -2.20. The zero-order valence-corrected chi connectivity index (χ0v) is 28.9. The van der Waals surface area contributed by atoms with Gasteiger partial charge in [-0.3, -0.25) is 0 Å². The van der Waals surface area contributed by atoms with E-state index in [1.54, 1.807) is 14.2 Å². The Morgan fingerprint density at radius 3 is 2.25 bits per heavy atom. The summed E-state index contributed by atoms with van der Waals surface area (Å²) in [6.45, 7) is 18.2. The van der Waals surface area contributed by atoms with Crippen molar-refractivity contribution in [2.45, 2.75) is 99.2 Å². The monoisotopic (exact) mass is 610 g/mol. The highest BCUT2D eigenvalue weighted by molar-refractivity contribution is 5.74. The number of carbonyl (C=O) groups is 1. The first-order chi connectivity index (χ1) is 20.9. The minimum Gasteiger partial charge on any atom is -0.493 e. The fraction of sp³-hybridized carbons (Fsp3) is 0.553. The Balaban J connectivity index is 2.44. The van der Waals surface area contributed by atoms with Crippen LogP contribution in [0, 0.1) is 5.41 Å². The molecule has 0 saturated carbocycles. The second-order valence-corrected chi connectivity index (χ2v) is 12.4. The highest BCUT2D eigenvalue weighted by Crippen LogP contribution is 2.29. The number of esters is 1. The molecule has 1 aromatic carbocycles. The average molecular weight is 611 g/mol. The number of hydrogen-bond acceptors (Lipinski definition) is 6. The molecule has 0 heterocycles. The van der Waals surface area contributed by atoms with Crippen molar-refractivity contribution in [1.82, 2.24) is 0 Å². The Kier molecular flexibility index (Phi) is 19.1. The van der Waals surface area contributed by atoms with Crippen LogP contribution >= 0.6 is 0 Å². The molecule has 0 unspecified atom stereocenters. The molecule has 246 valence electrons. The molecule has 0 aliphatic heterocycles. The van der Waals surface area contributed by atoms with Crippen LogP contribution in [0.15, 0.2) is 77.5 Å². The summed E-state index contributed by atoms with van der Waals surface area (Å²) in [5.41, 5.74) is 6.35. The third kappa shape index (κ3) is 17.3. The first-order valence-corrected chi connectivity index (χ1v) is 15.7. The number of ether oxygens (including phenoxy) is 5. The van der Waals surface area contributed by atoms with Crippen molar-refractivity contribution in [3.8, 4) is 11.5 Å². The van der Waals surface area contributed by atoms with E-state index in [1.807, 2.05) is 24.3 Å². The molecule has 0 bridgehead atoms. The standard InChI is InChI=1S/C38H58O6/c1-29(2)14-13-16-30(3)17-18-32(5)21-24-38(6,7)23-12-11-15-31(4)22-25-44-36(37(39)42-10)28-43-27-33-19-20-34(40-8)35(26-33)41-9/h12,14,17,19-20,22-23,26,36H,5,11,13,15-16,18,21,24-25,27-28H2,1-4,6-10H3/t36-/m1/s1. The van der Waals surface area contributed by atoms with E-state index < -0.39 is 12.1 Å². The number of hydrogen-bond donors (Lipinski definition) is 0. The Hall–Kier alpha value is -3.09. The van der Waals surface area contributed by atoms with Gasteiger partial charge >= 0.3 is 5.97 Å². The Bertz CT molecular complexity index is 1130. The molecular formula is C38H58O6. The minimum atomic E-state index is -0.804. The van der Waals surface area contributed by atoms with Crippen LogP contribution in [0.1, 0.15) is 92.1 Å². The highest BCUT2D eigenvalue weighted by atomic mass is 16.6. The van der Waals surface area contributed by atoms with Gasteiger partial charge in [0.2, 0.25) is 0 Å². The molecule has 44 heavy (non-hydrogen) atoms. The van der Waals surface area contributed by atoms with E-state index in [9.17, 15) is 4.79 Å². The number of carbonyl (C=O) groups excluding carboxylic acids is 1. The van der Waals surface area contributed by atoms with Gasteiger partial charge < -0.3 is 23.7 Å². The lowest BCUT2D eigenvalue weighted by Crippen LogP contribution is -2.30. The largest absolute Gasteiger partial charge is 0.493 e. The second-order valence-electron chi connectivity index (χ2n) is 12.4. The van der Waals surface area contributed by atoms with Crippen LogP contribution in [0.4, 0.5) is 0 Å². The Morgan fingerprint density at radius 2 is 1.59 bits per heavy atom. The van der Waals surface area contributed by atoms with Crippen LogP contribution in [0.3, 0.4) is 0 Å². The SMILES string of the molecule is C=C(CC=C(C)CCC=C(C)C)CCC(C)(C)C=CCCC(C)=CCO[C@H](COCc1ccc(OC)c(OC)c1)C(=O)OC. The number of benzene rings is 1. The van der Waals surface area contributed by atoms with Crippen LogP contribution in [0.2, 0.25) is 0 Å². The molecule has 1 atom stereocenters. The topological polar surface area (TPSA) is 63.2 Å². The zero-order valence-electron chi connectivity index (χ0n) is 28.9. The van der Waals surface area contributed by atoms with Gasteiger partial charge in [-0.15, -0.1) is 0 Å². The summed E-state index contributed by atoms with van der Waals surface area (Å²) < 4.78 is 27.1. The number of rotatable bonds is 22. The Labute approximate surface area is 267 Å². The lowest BCUT2D eigenvalue weighted by molar-refractivity contribution is -0.157. The van der Waals surface area contributed by atoms with Crippen molar-refractivity contribution in [2.24, 2.45) is 5.41 Å². The normalized spacial score (nSPS) is 13.1. The summed E-state index contributed by atoms with van der Waals surface area (Å²) in [5, 5.41) is 0. The van der Waals surface area contributed by atoms with E-state index in [2.05, 4.69) is 72.4 Å². The molecular weight excluding hydrogens is 552 g/mol. The van der Waals surface area contributed by atoms with Crippen LogP contribution < -0.4 is 9.47 Å². The first-order valence-electron chi connectivity index (χ1n) is 15.7. The molecule has 6 heteroatoms. The van der Waals surface area contributed by atoms with E-state index in [-0.39, 0.29) is 12.0 Å². The van der Waals surface area contributed by atoms with Crippen molar-refractivity contribution < 1.29 is 28.5 Å². The average Bonchev–Trinajstić information content (AvgIpc) is 2.99. The molecule has 0 aliphatic carbocycles. The molecule has 0 spiro atoms. The van der Waals surface area contributed by atoms with E-state index >= 15 is 0 Å². The fourth-order valence-electron chi connectivity index (χ4n) is 4.39. The van der Waals surface area contributed by atoms with Gasteiger partial charge in [-0.05, 0) is 95.8 Å². The zero-order chi connectivity index (χ0) is 33.0. The molecule has 0 amide bonds. The van der Waals surface area contributed by atoms with Gasteiger partial charge in [0.1, 0.15) is 0 Å². The predicted octanol–water partition coefficient (Wildman–Crippen LogP) is 9.51. The highest BCUT2D eigenvalue weighted by Gasteiger charge is 2.20. The van der Waals surface area contributed by atoms with Crippen LogP contribution in [0.25, 0.3) is 0 Å². The maximum Gasteiger partial charge on any atom is 0.337 e. The van der Waals surface area contributed by atoms with Crippen LogP contribution in [-0.4, -0.2) is 46.6 Å². The second kappa shape index (κ2) is 21.6. The van der Waals surface area contributed by atoms with Crippen molar-refractivity contribution in [2.75, 3.05) is 34.5 Å². The summed E-state index contributed by atoms with van der Waals surface area (Å²) in [6.07, 6.45) is 17.6. The van der Waals surface area contributed by atoms with E-state index in [0.717, 1.165) is 50.5 Å². The molecule has 0 saturated heterocycles. The van der Waals surface area contributed by atoms with E-state index in [4.69, 9.17) is 23.7 Å². The molecule has 0 aliphatic rings. The van der Waals surface area contributed by atoms with Gasteiger partial charge in [0.15, 0.2) is 17.6 Å². The maximum absolute atomic E-state index is 12.2. The minimum absolute atomic E-state index is 0.0876. The van der Waals surface area contributed by atoms with Gasteiger partial charge in [0.05, 0.1) is 41.2 Å². The van der Waals surface area contributed by atoms with Crippen LogP contribution in [0.5, 0.6) is 11.5 Å². The van der Waals surface area contributed by atoms with Gasteiger partial charge in [0, 0.05) is 0 Å². The summed E-state index contributed by atoms with van der Waals surface area (Å²) >= 11 is 0.